The highest BCUT2D eigenvalue weighted by Gasteiger charge is 2.27. The SMILES string of the molecule is CC1CCCC(C)C1Nc1cc(Br)ccc1Cl. The molecule has 1 saturated carbocycles. The maximum absolute atomic E-state index is 6.23. The fraction of sp³-hybridized carbons (Fsp3) is 0.571. The molecule has 1 aliphatic carbocycles. The molecule has 1 nitrogen and oxygen atoms in total. The minimum atomic E-state index is 0.538. The normalized spacial score (nSPS) is 29.1. The van der Waals surface area contributed by atoms with Crippen molar-refractivity contribution < 1.29 is 0 Å². The first-order valence-corrected chi connectivity index (χ1v) is 7.46. The summed E-state index contributed by atoms with van der Waals surface area (Å²) in [7, 11) is 0. The van der Waals surface area contributed by atoms with Crippen molar-refractivity contribution in [2.45, 2.75) is 39.2 Å². The lowest BCUT2D eigenvalue weighted by atomic mass is 9.78. The Hall–Kier alpha value is -0.210. The molecule has 2 rings (SSSR count). The molecule has 17 heavy (non-hydrogen) atoms. The van der Waals surface area contributed by atoms with Gasteiger partial charge in [-0.2, -0.15) is 0 Å². The molecule has 94 valence electrons. The number of nitrogens with one attached hydrogen (secondary N) is 1. The van der Waals surface area contributed by atoms with Gasteiger partial charge in [0.1, 0.15) is 0 Å². The Kier molecular flexibility index (Phi) is 4.37. The van der Waals surface area contributed by atoms with E-state index in [2.05, 4.69) is 41.2 Å². The maximum atomic E-state index is 6.23. The van der Waals surface area contributed by atoms with Crippen LogP contribution in [0.25, 0.3) is 0 Å². The van der Waals surface area contributed by atoms with Crippen LogP contribution in [0.15, 0.2) is 22.7 Å². The monoisotopic (exact) mass is 315 g/mol. The summed E-state index contributed by atoms with van der Waals surface area (Å²) in [5.74, 6) is 1.43. The standard InChI is InChI=1S/C14H19BrClN/c1-9-4-3-5-10(2)14(9)17-13-8-11(15)6-7-12(13)16/h6-10,14,17H,3-5H2,1-2H3. The summed E-state index contributed by atoms with van der Waals surface area (Å²) in [4.78, 5) is 0. The Labute approximate surface area is 117 Å². The quantitative estimate of drug-likeness (QED) is 0.776. The van der Waals surface area contributed by atoms with Crippen LogP contribution < -0.4 is 5.32 Å². The predicted octanol–water partition coefficient (Wildman–Crippen LogP) is 5.34. The summed E-state index contributed by atoms with van der Waals surface area (Å²) in [6, 6.07) is 6.51. The molecule has 0 bridgehead atoms. The summed E-state index contributed by atoms with van der Waals surface area (Å²) in [6.07, 6.45) is 3.98. The maximum Gasteiger partial charge on any atom is 0.0638 e. The van der Waals surface area contributed by atoms with Gasteiger partial charge in [0.25, 0.3) is 0 Å². The van der Waals surface area contributed by atoms with Crippen molar-refractivity contribution in [1.82, 2.24) is 0 Å². The number of hydrogen-bond acceptors (Lipinski definition) is 1. The van der Waals surface area contributed by atoms with Crippen molar-refractivity contribution in [3.63, 3.8) is 0 Å². The second-order valence-electron chi connectivity index (χ2n) is 5.18. The van der Waals surface area contributed by atoms with Crippen molar-refractivity contribution in [1.29, 1.82) is 0 Å². The number of rotatable bonds is 2. The highest BCUT2D eigenvalue weighted by Crippen LogP contribution is 2.34. The summed E-state index contributed by atoms with van der Waals surface area (Å²) < 4.78 is 1.07. The molecule has 0 aromatic heterocycles. The molecule has 1 aromatic carbocycles. The Morgan fingerprint density at radius 2 is 1.88 bits per heavy atom. The van der Waals surface area contributed by atoms with E-state index in [1.807, 2.05) is 12.1 Å². The van der Waals surface area contributed by atoms with Crippen LogP contribution in [0.4, 0.5) is 5.69 Å². The van der Waals surface area contributed by atoms with Crippen LogP contribution in [0, 0.1) is 11.8 Å². The molecule has 0 radical (unpaired) electrons. The van der Waals surface area contributed by atoms with Gasteiger partial charge in [-0.25, -0.2) is 0 Å². The fourth-order valence-corrected chi connectivity index (χ4v) is 3.29. The molecule has 0 heterocycles. The molecule has 1 aromatic rings. The zero-order valence-corrected chi connectivity index (χ0v) is 12.7. The second kappa shape index (κ2) is 5.62. The van der Waals surface area contributed by atoms with Gasteiger partial charge in [0.15, 0.2) is 0 Å². The molecule has 2 unspecified atom stereocenters. The molecule has 1 N–H and O–H groups in total. The lowest BCUT2D eigenvalue weighted by Gasteiger charge is -2.36. The third kappa shape index (κ3) is 3.17. The average Bonchev–Trinajstić information content (AvgIpc) is 2.28. The Morgan fingerprint density at radius 1 is 1.24 bits per heavy atom. The van der Waals surface area contributed by atoms with Crippen molar-refractivity contribution in [2.24, 2.45) is 11.8 Å². The van der Waals surface area contributed by atoms with Crippen LogP contribution in [0.2, 0.25) is 5.02 Å². The highest BCUT2D eigenvalue weighted by molar-refractivity contribution is 9.10. The largest absolute Gasteiger partial charge is 0.381 e. The van der Waals surface area contributed by atoms with Crippen LogP contribution in [0.5, 0.6) is 0 Å². The van der Waals surface area contributed by atoms with Gasteiger partial charge in [0.2, 0.25) is 0 Å². The van der Waals surface area contributed by atoms with E-state index in [1.54, 1.807) is 0 Å². The molecular formula is C14H19BrClN. The number of halogens is 2. The Balaban J connectivity index is 2.16. The summed E-state index contributed by atoms with van der Waals surface area (Å²) >= 11 is 9.72. The molecule has 3 heteroatoms. The van der Waals surface area contributed by atoms with Gasteiger partial charge in [-0.1, -0.05) is 47.8 Å². The zero-order chi connectivity index (χ0) is 12.4. The lowest BCUT2D eigenvalue weighted by Crippen LogP contribution is -2.37. The molecular weight excluding hydrogens is 298 g/mol. The number of benzene rings is 1. The van der Waals surface area contributed by atoms with Gasteiger partial charge in [-0.05, 0) is 42.9 Å². The van der Waals surface area contributed by atoms with Gasteiger partial charge in [0, 0.05) is 10.5 Å². The molecule has 1 fully saturated rings. The zero-order valence-electron chi connectivity index (χ0n) is 10.3. The number of anilines is 1. The van der Waals surface area contributed by atoms with Crippen molar-refractivity contribution >= 4 is 33.2 Å². The van der Waals surface area contributed by atoms with Gasteiger partial charge in [0.05, 0.1) is 10.7 Å². The van der Waals surface area contributed by atoms with E-state index in [4.69, 9.17) is 11.6 Å². The van der Waals surface area contributed by atoms with Gasteiger partial charge < -0.3 is 5.32 Å². The molecule has 2 atom stereocenters. The molecule has 1 aliphatic rings. The van der Waals surface area contributed by atoms with Crippen LogP contribution >= 0.6 is 27.5 Å². The lowest BCUT2D eigenvalue weighted by molar-refractivity contribution is 0.268. The van der Waals surface area contributed by atoms with E-state index in [0.717, 1.165) is 15.2 Å². The smallest absolute Gasteiger partial charge is 0.0638 e. The Morgan fingerprint density at radius 3 is 2.53 bits per heavy atom. The van der Waals surface area contributed by atoms with E-state index in [-0.39, 0.29) is 0 Å². The van der Waals surface area contributed by atoms with Crippen molar-refractivity contribution in [2.75, 3.05) is 5.32 Å². The average molecular weight is 317 g/mol. The molecule has 0 spiro atoms. The first-order valence-electron chi connectivity index (χ1n) is 6.29. The molecule has 0 amide bonds. The first-order chi connectivity index (χ1) is 8.08. The number of hydrogen-bond donors (Lipinski definition) is 1. The molecule has 0 saturated heterocycles. The van der Waals surface area contributed by atoms with Crippen LogP contribution in [-0.2, 0) is 0 Å². The van der Waals surface area contributed by atoms with E-state index in [0.29, 0.717) is 17.9 Å². The third-order valence-corrected chi connectivity index (χ3v) is 4.62. The fourth-order valence-electron chi connectivity index (χ4n) is 2.75. The van der Waals surface area contributed by atoms with E-state index >= 15 is 0 Å². The highest BCUT2D eigenvalue weighted by atomic mass is 79.9. The van der Waals surface area contributed by atoms with Crippen molar-refractivity contribution in [3.05, 3.63) is 27.7 Å². The van der Waals surface area contributed by atoms with E-state index in [1.165, 1.54) is 19.3 Å². The summed E-state index contributed by atoms with van der Waals surface area (Å²) in [5, 5.41) is 4.43. The second-order valence-corrected chi connectivity index (χ2v) is 6.50. The van der Waals surface area contributed by atoms with Crippen molar-refractivity contribution in [3.8, 4) is 0 Å². The predicted molar refractivity (Wildman–Crippen MR) is 78.7 cm³/mol. The van der Waals surface area contributed by atoms with Gasteiger partial charge in [-0.3, -0.25) is 0 Å². The van der Waals surface area contributed by atoms with Crippen LogP contribution in [0.1, 0.15) is 33.1 Å². The summed E-state index contributed by atoms with van der Waals surface area (Å²) in [5.41, 5.74) is 1.05. The van der Waals surface area contributed by atoms with Crippen LogP contribution in [-0.4, -0.2) is 6.04 Å². The topological polar surface area (TPSA) is 12.0 Å². The van der Waals surface area contributed by atoms with Gasteiger partial charge in [-0.15, -0.1) is 0 Å². The third-order valence-electron chi connectivity index (χ3n) is 3.80. The minimum Gasteiger partial charge on any atom is -0.381 e. The summed E-state index contributed by atoms with van der Waals surface area (Å²) in [6.45, 7) is 4.67. The Bertz CT molecular complexity index is 384. The first kappa shape index (κ1) is 13.2. The minimum absolute atomic E-state index is 0.538. The van der Waals surface area contributed by atoms with E-state index in [9.17, 15) is 0 Å². The van der Waals surface area contributed by atoms with E-state index < -0.39 is 0 Å². The van der Waals surface area contributed by atoms with Gasteiger partial charge >= 0.3 is 0 Å². The molecule has 0 aliphatic heterocycles. The van der Waals surface area contributed by atoms with Crippen LogP contribution in [0.3, 0.4) is 0 Å².